The van der Waals surface area contributed by atoms with E-state index < -0.39 is 95.6 Å². The highest BCUT2D eigenvalue weighted by Gasteiger charge is 2.52. The molecule has 3 fully saturated rings. The minimum Gasteiger partial charge on any atom is -0.460 e. The number of methoxy groups -OCH3 is 1. The number of likely N-dealkylation sites (N-methyl/N-ethyl adjacent to an activating group) is 1. The minimum atomic E-state index is -1.61. The second-order valence-corrected chi connectivity index (χ2v) is 18.5. The summed E-state index contributed by atoms with van der Waals surface area (Å²) >= 11 is 0. The number of hydrogen-bond acceptors (Lipinski definition) is 14. The number of nitrogens with one attached hydrogen (secondary N) is 1. The number of hydrogen-bond donors (Lipinski definition) is 3. The van der Waals surface area contributed by atoms with Crippen molar-refractivity contribution in [2.45, 2.75) is 186 Å². The van der Waals surface area contributed by atoms with Crippen molar-refractivity contribution in [3.63, 3.8) is 0 Å². The fraction of sp³-hybridized carbons (Fsp3) is 0.902. The van der Waals surface area contributed by atoms with E-state index in [4.69, 9.17) is 33.2 Å². The van der Waals surface area contributed by atoms with E-state index in [-0.39, 0.29) is 56.2 Å². The van der Waals surface area contributed by atoms with Gasteiger partial charge in [-0.3, -0.25) is 19.2 Å². The topological polar surface area (TPSA) is 192 Å². The number of rotatable bonds is 9. The van der Waals surface area contributed by atoms with E-state index in [9.17, 15) is 29.4 Å². The van der Waals surface area contributed by atoms with E-state index in [1.165, 1.54) is 18.9 Å². The zero-order valence-electron chi connectivity index (χ0n) is 37.0. The van der Waals surface area contributed by atoms with Crippen LogP contribution in [0, 0.1) is 17.8 Å². The summed E-state index contributed by atoms with van der Waals surface area (Å²) in [5, 5.41) is 27.0. The second kappa shape index (κ2) is 19.7. The first-order chi connectivity index (χ1) is 26.2. The molecule has 3 heterocycles. The molecule has 16 nitrogen and oxygen atoms in total. The van der Waals surface area contributed by atoms with Crippen LogP contribution in [0.25, 0.3) is 0 Å². The second-order valence-electron chi connectivity index (χ2n) is 18.5. The lowest BCUT2D eigenvalue weighted by atomic mass is 9.77. The molecule has 3 rings (SSSR count). The maximum atomic E-state index is 14.4. The smallest absolute Gasteiger partial charge is 0.308 e. The lowest BCUT2D eigenvalue weighted by Crippen LogP contribution is -2.61. The number of carbonyl (C=O) groups excluding carboxylic acids is 4. The Morgan fingerprint density at radius 3 is 2.21 bits per heavy atom. The number of ether oxygens (including phenoxy) is 7. The molecule has 16 heteroatoms. The molecule has 0 saturated carbocycles. The Morgan fingerprint density at radius 1 is 1.02 bits per heavy atom. The van der Waals surface area contributed by atoms with Gasteiger partial charge in [-0.2, -0.15) is 0 Å². The molecule has 0 aromatic heterocycles. The summed E-state index contributed by atoms with van der Waals surface area (Å²) in [6, 6.07) is -1.21. The van der Waals surface area contributed by atoms with Crippen molar-refractivity contribution in [3.8, 4) is 0 Å². The van der Waals surface area contributed by atoms with Gasteiger partial charge in [-0.1, -0.05) is 20.8 Å². The van der Waals surface area contributed by atoms with Gasteiger partial charge >= 0.3 is 11.9 Å². The molecule has 15 atom stereocenters. The largest absolute Gasteiger partial charge is 0.460 e. The molecular weight excluding hydrogens is 742 g/mol. The van der Waals surface area contributed by atoms with Crippen molar-refractivity contribution < 1.29 is 62.5 Å². The Morgan fingerprint density at radius 2 is 1.65 bits per heavy atom. The van der Waals surface area contributed by atoms with Gasteiger partial charge in [0.05, 0.1) is 42.4 Å². The normalized spacial score (nSPS) is 40.6. The third kappa shape index (κ3) is 13.3. The number of esters is 2. The van der Waals surface area contributed by atoms with Crippen molar-refractivity contribution in [2.75, 3.05) is 34.8 Å². The minimum absolute atomic E-state index is 0.108. The summed E-state index contributed by atoms with van der Waals surface area (Å²) in [4.78, 5) is 56.6. The molecule has 3 aliphatic heterocycles. The third-order valence-corrected chi connectivity index (χ3v) is 11.5. The van der Waals surface area contributed by atoms with E-state index in [0.717, 1.165) is 0 Å². The van der Waals surface area contributed by atoms with Crippen molar-refractivity contribution in [2.24, 2.45) is 17.8 Å². The van der Waals surface area contributed by atoms with E-state index in [1.54, 1.807) is 55.5 Å². The van der Waals surface area contributed by atoms with E-state index >= 15 is 0 Å². The quantitative estimate of drug-likeness (QED) is 0.288. The van der Waals surface area contributed by atoms with Crippen molar-refractivity contribution in [1.82, 2.24) is 15.1 Å². The summed E-state index contributed by atoms with van der Waals surface area (Å²) in [5.41, 5.74) is -3.43. The van der Waals surface area contributed by atoms with Gasteiger partial charge in [0.2, 0.25) is 11.8 Å². The Balaban J connectivity index is 2.15. The number of nitrogens with zero attached hydrogens (tertiary/aromatic N) is 2. The van der Waals surface area contributed by atoms with Gasteiger partial charge in [0.15, 0.2) is 18.7 Å². The van der Waals surface area contributed by atoms with Gasteiger partial charge in [-0.25, -0.2) is 0 Å². The summed E-state index contributed by atoms with van der Waals surface area (Å²) in [6.45, 7) is 19.3. The van der Waals surface area contributed by atoms with Crippen LogP contribution < -0.4 is 5.32 Å². The van der Waals surface area contributed by atoms with Gasteiger partial charge in [0.1, 0.15) is 17.3 Å². The SMILES string of the molecule is CO[C@]1(C)C[C@H](O[C@H]2[C@H](C)[C@@H](O[C@@H]3O[C@H](C)C[C@H](N(C)C)[C@H]3O)[C@](C)(O)C[C@@H](C)CN(C)C(=O)C[C@H](CC(=O)OC(C)(C)C)NC(=O)[C@@H]2C)O[C@@H](C)[C@@H]1OC(C)=O. The molecule has 0 spiro atoms. The van der Waals surface area contributed by atoms with Crippen LogP contribution in [0.2, 0.25) is 0 Å². The lowest BCUT2D eigenvalue weighted by molar-refractivity contribution is -0.318. The highest BCUT2D eigenvalue weighted by atomic mass is 16.7. The van der Waals surface area contributed by atoms with Crippen LogP contribution in [0.4, 0.5) is 0 Å². The summed E-state index contributed by atoms with van der Waals surface area (Å²) < 4.78 is 43.1. The monoisotopic (exact) mass is 816 g/mol. The lowest BCUT2D eigenvalue weighted by Gasteiger charge is -2.49. The first-order valence-electron chi connectivity index (χ1n) is 20.3. The van der Waals surface area contributed by atoms with E-state index in [1.807, 2.05) is 39.8 Å². The maximum Gasteiger partial charge on any atom is 0.308 e. The van der Waals surface area contributed by atoms with Gasteiger partial charge in [-0.15, -0.1) is 0 Å². The summed E-state index contributed by atoms with van der Waals surface area (Å²) in [7, 11) is 6.89. The number of carbonyl (C=O) groups is 4. The fourth-order valence-electron chi connectivity index (χ4n) is 8.72. The zero-order valence-corrected chi connectivity index (χ0v) is 37.0. The van der Waals surface area contributed by atoms with Gasteiger partial charge in [0.25, 0.3) is 0 Å². The van der Waals surface area contributed by atoms with Crippen LogP contribution in [0.1, 0.15) is 108 Å². The zero-order chi connectivity index (χ0) is 43.4. The Labute approximate surface area is 339 Å². The van der Waals surface area contributed by atoms with Crippen LogP contribution in [-0.4, -0.2) is 157 Å². The van der Waals surface area contributed by atoms with Crippen LogP contribution in [-0.2, 0) is 52.3 Å². The highest BCUT2D eigenvalue weighted by molar-refractivity contribution is 5.83. The average Bonchev–Trinajstić information content (AvgIpc) is 3.06. The third-order valence-electron chi connectivity index (χ3n) is 11.5. The predicted octanol–water partition coefficient (Wildman–Crippen LogP) is 2.78. The molecule has 3 aliphatic rings. The standard InChI is InChI=1S/C41H73N3O13/c1-22-19-40(10,50)35(56-38-33(48)29(43(12)13)16-23(2)52-38)24(3)34(55-32-20-41(11,51-15)36(26(5)53-32)54-27(6)45)25(4)37(49)42-28(17-30(46)44(14)21-22)18-31(47)57-39(7,8)9/h22-26,28-29,32-36,38,48,50H,16-21H2,1-15H3,(H,42,49)/t22-,23-,24+,25-,26+,28-,29+,32+,33-,34+,35-,36+,38+,40-,41-/m1/s1. The van der Waals surface area contributed by atoms with Gasteiger partial charge in [0, 0.05) is 58.5 Å². The fourth-order valence-corrected chi connectivity index (χ4v) is 8.72. The molecule has 3 N–H and O–H groups in total. The number of amides is 2. The van der Waals surface area contributed by atoms with E-state index in [2.05, 4.69) is 5.32 Å². The molecule has 3 saturated heterocycles. The Bertz CT molecular complexity index is 1370. The Hall–Kier alpha value is -2.44. The molecule has 0 aromatic carbocycles. The Kier molecular flexibility index (Phi) is 17.0. The van der Waals surface area contributed by atoms with Crippen LogP contribution >= 0.6 is 0 Å². The van der Waals surface area contributed by atoms with Crippen LogP contribution in [0.3, 0.4) is 0 Å². The molecule has 0 aliphatic carbocycles. The molecule has 0 bridgehead atoms. The predicted molar refractivity (Wildman–Crippen MR) is 209 cm³/mol. The maximum absolute atomic E-state index is 14.4. The van der Waals surface area contributed by atoms with Gasteiger partial charge in [-0.05, 0) is 81.3 Å². The van der Waals surface area contributed by atoms with Crippen LogP contribution in [0.15, 0.2) is 0 Å². The van der Waals surface area contributed by atoms with Crippen molar-refractivity contribution in [1.29, 1.82) is 0 Å². The van der Waals surface area contributed by atoms with Crippen molar-refractivity contribution in [3.05, 3.63) is 0 Å². The summed E-state index contributed by atoms with van der Waals surface area (Å²) in [5.74, 6) is -3.90. The molecule has 0 aromatic rings. The van der Waals surface area contributed by atoms with Gasteiger partial charge < -0.3 is 58.5 Å². The van der Waals surface area contributed by atoms with Crippen LogP contribution in [0.5, 0.6) is 0 Å². The first-order valence-corrected chi connectivity index (χ1v) is 20.3. The summed E-state index contributed by atoms with van der Waals surface area (Å²) in [6.07, 6.45) is -6.65. The molecule has 0 unspecified atom stereocenters. The molecular formula is C41H73N3O13. The first kappa shape index (κ1) is 48.9. The number of aliphatic hydroxyl groups is 2. The molecule has 2 amide bonds. The number of aliphatic hydroxyl groups excluding tert-OH is 1. The van der Waals surface area contributed by atoms with E-state index in [0.29, 0.717) is 6.42 Å². The van der Waals surface area contributed by atoms with Crippen molar-refractivity contribution >= 4 is 23.8 Å². The molecule has 57 heavy (non-hydrogen) atoms. The highest BCUT2D eigenvalue weighted by Crippen LogP contribution is 2.40. The molecule has 330 valence electrons. The average molecular weight is 816 g/mol. The molecule has 0 radical (unpaired) electrons.